The van der Waals surface area contributed by atoms with Gasteiger partial charge in [-0.05, 0) is 48.4 Å². The molecular formula is C16H15F2NO. The first-order valence-corrected chi connectivity index (χ1v) is 6.52. The minimum atomic E-state index is -0.320. The summed E-state index contributed by atoms with van der Waals surface area (Å²) in [6, 6.07) is 8.68. The summed E-state index contributed by atoms with van der Waals surface area (Å²) in [7, 11) is 0. The van der Waals surface area contributed by atoms with Crippen LogP contribution < -0.4 is 10.5 Å². The van der Waals surface area contributed by atoms with Crippen molar-refractivity contribution in [2.45, 2.75) is 25.5 Å². The summed E-state index contributed by atoms with van der Waals surface area (Å²) >= 11 is 0. The lowest BCUT2D eigenvalue weighted by atomic mass is 9.91. The van der Waals surface area contributed by atoms with Gasteiger partial charge in [0.2, 0.25) is 0 Å². The maximum Gasteiger partial charge on any atom is 0.126 e. The fourth-order valence-corrected chi connectivity index (χ4v) is 2.67. The van der Waals surface area contributed by atoms with Crippen molar-refractivity contribution >= 4 is 0 Å². The lowest BCUT2D eigenvalue weighted by Gasteiger charge is -2.31. The highest BCUT2D eigenvalue weighted by Crippen LogP contribution is 2.40. The highest BCUT2D eigenvalue weighted by molar-refractivity contribution is 5.40. The number of aryl methyl sites for hydroxylation is 1. The van der Waals surface area contributed by atoms with Crippen LogP contribution in [0.3, 0.4) is 0 Å². The normalized spacial score (nSPS) is 21.2. The molecule has 2 atom stereocenters. The van der Waals surface area contributed by atoms with E-state index in [4.69, 9.17) is 10.5 Å². The summed E-state index contributed by atoms with van der Waals surface area (Å²) < 4.78 is 32.3. The van der Waals surface area contributed by atoms with Crippen LogP contribution >= 0.6 is 0 Å². The van der Waals surface area contributed by atoms with Gasteiger partial charge in [-0.1, -0.05) is 6.07 Å². The SMILES string of the molecule is Cc1cc(F)ccc1C1C[C@H](N)c2cc(F)ccc2O1. The number of halogens is 2. The third-order valence-electron chi connectivity index (χ3n) is 3.69. The van der Waals surface area contributed by atoms with E-state index in [1.807, 2.05) is 6.92 Å². The van der Waals surface area contributed by atoms with Gasteiger partial charge in [-0.3, -0.25) is 0 Å². The summed E-state index contributed by atoms with van der Waals surface area (Å²) in [5, 5.41) is 0. The van der Waals surface area contributed by atoms with Crippen molar-refractivity contribution < 1.29 is 13.5 Å². The number of hydrogen-bond acceptors (Lipinski definition) is 2. The molecule has 0 aromatic heterocycles. The lowest BCUT2D eigenvalue weighted by Crippen LogP contribution is -2.24. The molecule has 0 amide bonds. The van der Waals surface area contributed by atoms with E-state index in [9.17, 15) is 8.78 Å². The molecule has 3 rings (SSSR count). The van der Waals surface area contributed by atoms with Crippen LogP contribution in [-0.4, -0.2) is 0 Å². The minimum Gasteiger partial charge on any atom is -0.485 e. The Labute approximate surface area is 116 Å². The number of nitrogens with two attached hydrogens (primary N) is 1. The van der Waals surface area contributed by atoms with Crippen LogP contribution in [0.1, 0.15) is 35.3 Å². The summed E-state index contributed by atoms with van der Waals surface area (Å²) in [5.74, 6) is 0.00640. The minimum absolute atomic E-state index is 0.233. The highest BCUT2D eigenvalue weighted by Gasteiger charge is 2.28. The maximum absolute atomic E-state index is 13.2. The molecule has 0 saturated heterocycles. The van der Waals surface area contributed by atoms with Crippen LogP contribution in [0.2, 0.25) is 0 Å². The summed E-state index contributed by atoms with van der Waals surface area (Å²) in [6.07, 6.45) is 0.312. The Balaban J connectivity index is 1.97. The van der Waals surface area contributed by atoms with E-state index in [0.717, 1.165) is 11.1 Å². The molecule has 0 bridgehead atoms. The number of fused-ring (bicyclic) bond motifs is 1. The average Bonchev–Trinajstić information content (AvgIpc) is 2.39. The average molecular weight is 275 g/mol. The van der Waals surface area contributed by atoms with E-state index in [-0.39, 0.29) is 23.8 Å². The summed E-state index contributed by atoms with van der Waals surface area (Å²) in [5.41, 5.74) is 8.52. The van der Waals surface area contributed by atoms with Gasteiger partial charge in [0.15, 0.2) is 0 Å². The van der Waals surface area contributed by atoms with Gasteiger partial charge in [-0.25, -0.2) is 8.78 Å². The molecule has 1 heterocycles. The third-order valence-corrected chi connectivity index (χ3v) is 3.69. The van der Waals surface area contributed by atoms with Gasteiger partial charge in [0.25, 0.3) is 0 Å². The quantitative estimate of drug-likeness (QED) is 0.859. The molecule has 2 nitrogen and oxygen atoms in total. The van der Waals surface area contributed by atoms with Crippen LogP contribution in [0.25, 0.3) is 0 Å². The van der Waals surface area contributed by atoms with Crippen LogP contribution in [0.5, 0.6) is 5.75 Å². The standard InChI is InChI=1S/C16H15F2NO/c1-9-6-10(17)2-4-12(9)16-8-14(19)13-7-11(18)3-5-15(13)20-16/h2-7,14,16H,8,19H2,1H3/t14-,16?/m0/s1. The van der Waals surface area contributed by atoms with Crippen molar-refractivity contribution in [1.82, 2.24) is 0 Å². The Morgan fingerprint density at radius 1 is 1.05 bits per heavy atom. The second-order valence-electron chi connectivity index (χ2n) is 5.13. The first kappa shape index (κ1) is 13.1. The van der Waals surface area contributed by atoms with Crippen molar-refractivity contribution in [3.05, 3.63) is 64.7 Å². The zero-order valence-corrected chi connectivity index (χ0v) is 11.1. The number of ether oxygens (including phenoxy) is 1. The van der Waals surface area contributed by atoms with E-state index in [0.29, 0.717) is 17.7 Å². The molecule has 2 N–H and O–H groups in total. The monoisotopic (exact) mass is 275 g/mol. The number of benzene rings is 2. The van der Waals surface area contributed by atoms with Crippen LogP contribution in [0.15, 0.2) is 36.4 Å². The van der Waals surface area contributed by atoms with Crippen molar-refractivity contribution in [3.8, 4) is 5.75 Å². The third kappa shape index (κ3) is 2.27. The molecule has 0 fully saturated rings. The molecular weight excluding hydrogens is 260 g/mol. The highest BCUT2D eigenvalue weighted by atomic mass is 19.1. The topological polar surface area (TPSA) is 35.2 Å². The first-order valence-electron chi connectivity index (χ1n) is 6.52. The van der Waals surface area contributed by atoms with Gasteiger partial charge in [0, 0.05) is 18.0 Å². The summed E-state index contributed by atoms with van der Waals surface area (Å²) in [6.45, 7) is 1.84. The largest absolute Gasteiger partial charge is 0.485 e. The Kier molecular flexibility index (Phi) is 3.18. The van der Waals surface area contributed by atoms with E-state index < -0.39 is 0 Å². The lowest BCUT2D eigenvalue weighted by molar-refractivity contribution is 0.160. The number of hydrogen-bond donors (Lipinski definition) is 1. The Bertz CT molecular complexity index is 657. The van der Waals surface area contributed by atoms with Gasteiger partial charge in [0.1, 0.15) is 23.5 Å². The maximum atomic E-state index is 13.2. The van der Waals surface area contributed by atoms with E-state index >= 15 is 0 Å². The van der Waals surface area contributed by atoms with E-state index in [2.05, 4.69) is 0 Å². The van der Waals surface area contributed by atoms with Gasteiger partial charge in [0.05, 0.1) is 0 Å². The Morgan fingerprint density at radius 3 is 2.50 bits per heavy atom. The molecule has 20 heavy (non-hydrogen) atoms. The second kappa shape index (κ2) is 4.87. The zero-order chi connectivity index (χ0) is 14.3. The molecule has 4 heteroatoms. The molecule has 0 spiro atoms. The van der Waals surface area contributed by atoms with Crippen LogP contribution in [0.4, 0.5) is 8.78 Å². The van der Waals surface area contributed by atoms with Gasteiger partial charge >= 0.3 is 0 Å². The molecule has 2 aromatic rings. The van der Waals surface area contributed by atoms with Crippen LogP contribution in [0, 0.1) is 18.6 Å². The van der Waals surface area contributed by atoms with Gasteiger partial charge < -0.3 is 10.5 Å². The smallest absolute Gasteiger partial charge is 0.126 e. The van der Waals surface area contributed by atoms with Crippen molar-refractivity contribution in [1.29, 1.82) is 0 Å². The first-order chi connectivity index (χ1) is 9.54. The molecule has 0 radical (unpaired) electrons. The van der Waals surface area contributed by atoms with Crippen molar-refractivity contribution in [3.63, 3.8) is 0 Å². The van der Waals surface area contributed by atoms with Gasteiger partial charge in [-0.2, -0.15) is 0 Å². The summed E-state index contributed by atoms with van der Waals surface area (Å²) in [4.78, 5) is 0. The van der Waals surface area contributed by atoms with E-state index in [1.54, 1.807) is 12.1 Å². The fourth-order valence-electron chi connectivity index (χ4n) is 2.67. The fraction of sp³-hybridized carbons (Fsp3) is 0.250. The molecule has 1 aliphatic heterocycles. The zero-order valence-electron chi connectivity index (χ0n) is 11.1. The molecule has 1 aliphatic rings. The number of rotatable bonds is 1. The molecule has 1 unspecified atom stereocenters. The predicted octanol–water partition coefficient (Wildman–Crippen LogP) is 3.80. The Hall–Kier alpha value is -1.94. The predicted molar refractivity (Wildman–Crippen MR) is 72.5 cm³/mol. The van der Waals surface area contributed by atoms with Gasteiger partial charge in [-0.15, -0.1) is 0 Å². The van der Waals surface area contributed by atoms with Crippen molar-refractivity contribution in [2.24, 2.45) is 5.73 Å². The molecule has 104 valence electrons. The second-order valence-corrected chi connectivity index (χ2v) is 5.13. The van der Waals surface area contributed by atoms with E-state index in [1.165, 1.54) is 24.3 Å². The molecule has 0 aliphatic carbocycles. The van der Waals surface area contributed by atoms with Crippen molar-refractivity contribution in [2.75, 3.05) is 0 Å². The van der Waals surface area contributed by atoms with Crippen LogP contribution in [-0.2, 0) is 0 Å². The molecule has 2 aromatic carbocycles. The Morgan fingerprint density at radius 2 is 1.75 bits per heavy atom. The molecule has 0 saturated carbocycles.